The van der Waals surface area contributed by atoms with Crippen LogP contribution in [0.2, 0.25) is 0 Å². The van der Waals surface area contributed by atoms with Gasteiger partial charge in [-0.25, -0.2) is 0 Å². The molecule has 0 spiro atoms. The molecular weight excluding hydrogens is 352 g/mol. The van der Waals surface area contributed by atoms with Crippen molar-refractivity contribution in [3.63, 3.8) is 0 Å². The molecule has 0 aromatic rings. The molecule has 0 aromatic carbocycles. The van der Waals surface area contributed by atoms with Gasteiger partial charge in [-0.15, -0.1) is 12.4 Å². The summed E-state index contributed by atoms with van der Waals surface area (Å²) in [6, 6.07) is 0.570. The lowest BCUT2D eigenvalue weighted by Crippen LogP contribution is -2.35. The number of dihydropyridines is 1. The van der Waals surface area contributed by atoms with Crippen molar-refractivity contribution in [1.29, 1.82) is 0 Å². The van der Waals surface area contributed by atoms with E-state index < -0.39 is 0 Å². The summed E-state index contributed by atoms with van der Waals surface area (Å²) in [5.74, 6) is 1.46. The largest absolute Gasteiger partial charge is 0.387 e. The zero-order chi connectivity index (χ0) is 17.3. The minimum Gasteiger partial charge on any atom is -0.387 e. The van der Waals surface area contributed by atoms with Crippen LogP contribution in [0.5, 0.6) is 0 Å². The van der Waals surface area contributed by atoms with Gasteiger partial charge in [-0.05, 0) is 79.9 Å². The molecule has 2 fully saturated rings. The first kappa shape index (κ1) is 17.7. The van der Waals surface area contributed by atoms with Crippen LogP contribution in [0.15, 0.2) is 58.6 Å². The SMILES string of the molecule is CC1(CC2CCC3C4=CNCC=C4N4C3=C2CC=C2C=CCCC24)CC1.Cl. The molecule has 3 unspecified atom stereocenters. The van der Waals surface area contributed by atoms with Gasteiger partial charge in [0.2, 0.25) is 0 Å². The van der Waals surface area contributed by atoms with E-state index in [-0.39, 0.29) is 12.4 Å². The molecular formula is C24H31ClN2. The van der Waals surface area contributed by atoms with E-state index in [2.05, 4.69) is 47.6 Å². The average molecular weight is 383 g/mol. The van der Waals surface area contributed by atoms with Gasteiger partial charge in [0.15, 0.2) is 0 Å². The van der Waals surface area contributed by atoms with Crippen LogP contribution in [0.25, 0.3) is 0 Å². The van der Waals surface area contributed by atoms with Gasteiger partial charge in [0, 0.05) is 35.6 Å². The van der Waals surface area contributed by atoms with Crippen LogP contribution in [0.4, 0.5) is 0 Å². The Morgan fingerprint density at radius 2 is 2.07 bits per heavy atom. The second-order valence-corrected chi connectivity index (χ2v) is 9.62. The van der Waals surface area contributed by atoms with Crippen molar-refractivity contribution in [2.45, 2.75) is 64.3 Å². The van der Waals surface area contributed by atoms with E-state index in [1.54, 1.807) is 22.4 Å². The summed E-state index contributed by atoms with van der Waals surface area (Å²) in [6.07, 6.45) is 22.9. The fourth-order valence-electron chi connectivity index (χ4n) is 6.21. The molecule has 2 nitrogen and oxygen atoms in total. The van der Waals surface area contributed by atoms with E-state index in [0.717, 1.165) is 12.5 Å². The predicted octanol–water partition coefficient (Wildman–Crippen LogP) is 5.61. The Morgan fingerprint density at radius 3 is 2.93 bits per heavy atom. The van der Waals surface area contributed by atoms with Crippen LogP contribution in [0.1, 0.15) is 58.3 Å². The van der Waals surface area contributed by atoms with Gasteiger partial charge in [-0.3, -0.25) is 0 Å². The number of nitrogens with zero attached hydrogens (tertiary/aromatic N) is 1. The van der Waals surface area contributed by atoms with E-state index in [1.807, 2.05) is 0 Å². The van der Waals surface area contributed by atoms with Gasteiger partial charge in [0.1, 0.15) is 0 Å². The molecule has 144 valence electrons. The molecule has 1 saturated carbocycles. The molecule has 27 heavy (non-hydrogen) atoms. The van der Waals surface area contributed by atoms with Gasteiger partial charge < -0.3 is 10.2 Å². The summed E-state index contributed by atoms with van der Waals surface area (Å²) in [4.78, 5) is 2.80. The molecule has 3 aliphatic carbocycles. The summed E-state index contributed by atoms with van der Waals surface area (Å²) >= 11 is 0. The van der Waals surface area contributed by atoms with E-state index in [9.17, 15) is 0 Å². The van der Waals surface area contributed by atoms with E-state index in [4.69, 9.17) is 0 Å². The van der Waals surface area contributed by atoms with Gasteiger partial charge in [-0.2, -0.15) is 0 Å². The van der Waals surface area contributed by atoms with Gasteiger partial charge in [0.05, 0.1) is 6.04 Å². The van der Waals surface area contributed by atoms with Gasteiger partial charge in [0.25, 0.3) is 0 Å². The number of hydrogen-bond donors (Lipinski definition) is 1. The minimum absolute atomic E-state index is 0. The highest BCUT2D eigenvalue weighted by Gasteiger charge is 2.48. The van der Waals surface area contributed by atoms with E-state index >= 15 is 0 Å². The monoisotopic (exact) mass is 382 g/mol. The maximum atomic E-state index is 3.50. The fraction of sp³-hybridized carbons (Fsp3) is 0.583. The first-order valence-corrected chi connectivity index (χ1v) is 10.8. The molecule has 6 aliphatic rings. The van der Waals surface area contributed by atoms with Crippen molar-refractivity contribution < 1.29 is 0 Å². The van der Waals surface area contributed by atoms with Crippen LogP contribution in [0, 0.1) is 17.3 Å². The fourth-order valence-corrected chi connectivity index (χ4v) is 6.21. The Labute approximate surface area is 169 Å². The molecule has 1 saturated heterocycles. The third-order valence-corrected chi connectivity index (χ3v) is 7.83. The Balaban J connectivity index is 0.00000160. The molecule has 0 aromatic heterocycles. The van der Waals surface area contributed by atoms with E-state index in [0.29, 0.717) is 17.4 Å². The number of fused-ring (bicyclic) bond motifs is 5. The topological polar surface area (TPSA) is 15.3 Å². The van der Waals surface area contributed by atoms with Crippen LogP contribution in [-0.4, -0.2) is 17.5 Å². The molecule has 3 heteroatoms. The Kier molecular flexibility index (Phi) is 4.13. The third-order valence-electron chi connectivity index (χ3n) is 7.83. The maximum Gasteiger partial charge on any atom is 0.0588 e. The summed E-state index contributed by atoms with van der Waals surface area (Å²) in [6.45, 7) is 3.50. The Hall–Kier alpha value is -1.41. The highest BCUT2D eigenvalue weighted by atomic mass is 35.5. The predicted molar refractivity (Wildman–Crippen MR) is 113 cm³/mol. The van der Waals surface area contributed by atoms with Crippen molar-refractivity contribution in [2.24, 2.45) is 17.3 Å². The second-order valence-electron chi connectivity index (χ2n) is 9.62. The molecule has 3 aliphatic heterocycles. The summed E-state index contributed by atoms with van der Waals surface area (Å²) in [7, 11) is 0. The third kappa shape index (κ3) is 2.67. The molecule has 3 heterocycles. The first-order valence-electron chi connectivity index (χ1n) is 10.8. The Morgan fingerprint density at radius 1 is 1.19 bits per heavy atom. The molecule has 1 N–H and O–H groups in total. The molecule has 0 radical (unpaired) electrons. The maximum absolute atomic E-state index is 3.50. The first-order chi connectivity index (χ1) is 12.7. The van der Waals surface area contributed by atoms with Gasteiger partial charge in [-0.1, -0.05) is 25.2 Å². The van der Waals surface area contributed by atoms with Crippen molar-refractivity contribution in [2.75, 3.05) is 6.54 Å². The zero-order valence-electron chi connectivity index (χ0n) is 16.3. The zero-order valence-corrected chi connectivity index (χ0v) is 17.2. The quantitative estimate of drug-likeness (QED) is 0.667. The number of nitrogens with one attached hydrogen (secondary N) is 1. The summed E-state index contributed by atoms with van der Waals surface area (Å²) < 4.78 is 0. The average Bonchev–Trinajstić information content (AvgIpc) is 3.34. The van der Waals surface area contributed by atoms with Crippen LogP contribution in [0.3, 0.4) is 0 Å². The van der Waals surface area contributed by atoms with Crippen molar-refractivity contribution in [3.05, 3.63) is 58.6 Å². The van der Waals surface area contributed by atoms with Crippen molar-refractivity contribution >= 4 is 12.4 Å². The van der Waals surface area contributed by atoms with E-state index in [1.165, 1.54) is 57.1 Å². The lowest BCUT2D eigenvalue weighted by Gasteiger charge is -2.38. The standard InChI is InChI=1S/C24H30N2.ClH/c1-24(11-12-24)14-17-7-9-19-20-15-25-13-10-22(20)26-21-5-3-2-4-16(21)6-8-18(17)23(19)26;/h2,4,6,10,15,17,19,21,25H,3,5,7-9,11-14H2,1H3;1H. The second kappa shape index (κ2) is 6.30. The van der Waals surface area contributed by atoms with Crippen molar-refractivity contribution in [3.8, 4) is 0 Å². The highest BCUT2D eigenvalue weighted by molar-refractivity contribution is 5.85. The molecule has 6 rings (SSSR count). The molecule has 3 atom stereocenters. The van der Waals surface area contributed by atoms with Crippen LogP contribution in [-0.2, 0) is 0 Å². The Bertz CT molecular complexity index is 808. The number of hydrogen-bond acceptors (Lipinski definition) is 2. The lowest BCUT2D eigenvalue weighted by atomic mass is 9.73. The number of allylic oxidation sites excluding steroid dienone is 5. The molecule has 0 bridgehead atoms. The molecule has 0 amide bonds. The van der Waals surface area contributed by atoms with Crippen molar-refractivity contribution in [1.82, 2.24) is 10.2 Å². The smallest absolute Gasteiger partial charge is 0.0588 e. The minimum atomic E-state index is 0. The van der Waals surface area contributed by atoms with Crippen LogP contribution < -0.4 is 5.32 Å². The normalized spacial score (nSPS) is 34.8. The highest BCUT2D eigenvalue weighted by Crippen LogP contribution is 2.58. The summed E-state index contributed by atoms with van der Waals surface area (Å²) in [5.41, 5.74) is 8.84. The van der Waals surface area contributed by atoms with Gasteiger partial charge >= 0.3 is 0 Å². The number of rotatable bonds is 2. The summed E-state index contributed by atoms with van der Waals surface area (Å²) in [5, 5.41) is 3.50. The number of halogens is 1. The van der Waals surface area contributed by atoms with Crippen LogP contribution >= 0.6 is 12.4 Å². The lowest BCUT2D eigenvalue weighted by molar-refractivity contribution is 0.300.